The number of hydrogen-bond acceptors (Lipinski definition) is 2. The first kappa shape index (κ1) is 15.6. The highest BCUT2D eigenvalue weighted by molar-refractivity contribution is 5.20. The van der Waals surface area contributed by atoms with E-state index in [1.54, 1.807) is 24.3 Å². The number of rotatable bonds is 6. The van der Waals surface area contributed by atoms with Gasteiger partial charge in [0.1, 0.15) is 11.6 Å². The molecule has 0 aliphatic heterocycles. The molecule has 2 aromatic carbocycles. The number of benzene rings is 2. The van der Waals surface area contributed by atoms with Gasteiger partial charge in [-0.15, -0.1) is 0 Å². The highest BCUT2D eigenvalue weighted by Gasteiger charge is 2.09. The van der Waals surface area contributed by atoms with Crippen LogP contribution in [0, 0.1) is 11.6 Å². The largest absolute Gasteiger partial charge is 0.387 e. The lowest BCUT2D eigenvalue weighted by atomic mass is 10.0. The van der Waals surface area contributed by atoms with E-state index in [0.717, 1.165) is 5.56 Å². The lowest BCUT2D eigenvalue weighted by Gasteiger charge is -2.16. The number of hydrogen-bond donors (Lipinski definition) is 2. The molecule has 0 aliphatic rings. The van der Waals surface area contributed by atoms with Gasteiger partial charge in [0.15, 0.2) is 0 Å². The topological polar surface area (TPSA) is 32.3 Å². The first-order valence-corrected chi connectivity index (χ1v) is 6.96. The van der Waals surface area contributed by atoms with Crippen molar-refractivity contribution in [2.75, 3.05) is 13.1 Å². The van der Waals surface area contributed by atoms with E-state index in [0.29, 0.717) is 18.7 Å². The molecule has 0 amide bonds. The summed E-state index contributed by atoms with van der Waals surface area (Å²) in [5.74, 6) is -0.347. The minimum atomic E-state index is -0.675. The molecular weight excluding hydrogens is 272 g/mol. The monoisotopic (exact) mass is 291 g/mol. The number of nitrogens with one attached hydrogen (secondary N) is 1. The van der Waals surface area contributed by atoms with Gasteiger partial charge in [0.05, 0.1) is 6.10 Å². The third-order valence-electron chi connectivity index (χ3n) is 3.48. The van der Waals surface area contributed by atoms with Crippen LogP contribution in [0.2, 0.25) is 0 Å². The normalized spacial score (nSPS) is 13.9. The van der Waals surface area contributed by atoms with Gasteiger partial charge in [0.25, 0.3) is 0 Å². The number of aliphatic hydroxyl groups is 1. The zero-order valence-electron chi connectivity index (χ0n) is 11.9. The molecule has 0 aromatic heterocycles. The van der Waals surface area contributed by atoms with Crippen molar-refractivity contribution >= 4 is 0 Å². The number of halogens is 2. The van der Waals surface area contributed by atoms with E-state index in [1.165, 1.54) is 24.3 Å². The molecule has 2 nitrogen and oxygen atoms in total. The molecule has 2 atom stereocenters. The van der Waals surface area contributed by atoms with Crippen LogP contribution >= 0.6 is 0 Å². The van der Waals surface area contributed by atoms with Crippen LogP contribution in [-0.2, 0) is 0 Å². The van der Waals surface area contributed by atoms with Gasteiger partial charge in [0.2, 0.25) is 0 Å². The third kappa shape index (κ3) is 4.62. The van der Waals surface area contributed by atoms with Crippen molar-refractivity contribution in [3.63, 3.8) is 0 Å². The SMILES string of the molecule is CC(CNCC(O)c1ccc(F)cc1)c1ccc(F)cc1. The third-order valence-corrected chi connectivity index (χ3v) is 3.48. The van der Waals surface area contributed by atoms with Crippen molar-refractivity contribution in [3.8, 4) is 0 Å². The first-order chi connectivity index (χ1) is 10.1. The molecule has 0 spiro atoms. The van der Waals surface area contributed by atoms with Gasteiger partial charge in [-0.25, -0.2) is 8.78 Å². The van der Waals surface area contributed by atoms with Crippen LogP contribution in [0.5, 0.6) is 0 Å². The average molecular weight is 291 g/mol. The van der Waals surface area contributed by atoms with Gasteiger partial charge < -0.3 is 10.4 Å². The maximum absolute atomic E-state index is 12.8. The molecule has 112 valence electrons. The second kappa shape index (κ2) is 7.29. The molecule has 0 heterocycles. The van der Waals surface area contributed by atoms with Crippen molar-refractivity contribution in [3.05, 3.63) is 71.3 Å². The molecule has 2 N–H and O–H groups in total. The van der Waals surface area contributed by atoms with E-state index in [-0.39, 0.29) is 17.6 Å². The smallest absolute Gasteiger partial charge is 0.123 e. The molecule has 2 rings (SSSR count). The minimum absolute atomic E-state index is 0.214. The Morgan fingerprint density at radius 1 is 0.857 bits per heavy atom. The Labute approximate surface area is 123 Å². The molecule has 0 fully saturated rings. The molecule has 0 radical (unpaired) electrons. The summed E-state index contributed by atoms with van der Waals surface area (Å²) < 4.78 is 25.6. The Kier molecular flexibility index (Phi) is 5.42. The summed E-state index contributed by atoms with van der Waals surface area (Å²) in [4.78, 5) is 0. The fraction of sp³-hybridized carbons (Fsp3) is 0.294. The zero-order chi connectivity index (χ0) is 15.2. The van der Waals surface area contributed by atoms with Crippen molar-refractivity contribution < 1.29 is 13.9 Å². The van der Waals surface area contributed by atoms with E-state index in [1.807, 2.05) is 6.92 Å². The second-order valence-electron chi connectivity index (χ2n) is 5.18. The highest BCUT2D eigenvalue weighted by Crippen LogP contribution is 2.16. The molecule has 21 heavy (non-hydrogen) atoms. The predicted octanol–water partition coefficient (Wildman–Crippen LogP) is 3.39. The lowest BCUT2D eigenvalue weighted by Crippen LogP contribution is -2.25. The van der Waals surface area contributed by atoms with Crippen LogP contribution in [0.3, 0.4) is 0 Å². The van der Waals surface area contributed by atoms with E-state index >= 15 is 0 Å². The van der Waals surface area contributed by atoms with Gasteiger partial charge >= 0.3 is 0 Å². The van der Waals surface area contributed by atoms with Crippen molar-refractivity contribution in [1.29, 1.82) is 0 Å². The van der Waals surface area contributed by atoms with Crippen LogP contribution in [-0.4, -0.2) is 18.2 Å². The molecule has 0 saturated carbocycles. The fourth-order valence-corrected chi connectivity index (χ4v) is 2.15. The van der Waals surface area contributed by atoms with Crippen LogP contribution in [0.4, 0.5) is 8.78 Å². The zero-order valence-corrected chi connectivity index (χ0v) is 11.9. The molecule has 2 aromatic rings. The van der Waals surface area contributed by atoms with Crippen LogP contribution < -0.4 is 5.32 Å². The van der Waals surface area contributed by atoms with Crippen LogP contribution in [0.15, 0.2) is 48.5 Å². The fourth-order valence-electron chi connectivity index (χ4n) is 2.15. The van der Waals surface area contributed by atoms with E-state index in [2.05, 4.69) is 5.32 Å². The lowest BCUT2D eigenvalue weighted by molar-refractivity contribution is 0.174. The quantitative estimate of drug-likeness (QED) is 0.855. The summed E-state index contributed by atoms with van der Waals surface area (Å²) in [6.45, 7) is 3.09. The highest BCUT2D eigenvalue weighted by atomic mass is 19.1. The average Bonchev–Trinajstić information content (AvgIpc) is 2.48. The maximum atomic E-state index is 12.8. The Morgan fingerprint density at radius 3 is 1.86 bits per heavy atom. The van der Waals surface area contributed by atoms with E-state index in [9.17, 15) is 13.9 Å². The standard InChI is InChI=1S/C17H19F2NO/c1-12(13-2-6-15(18)7-3-13)10-20-11-17(21)14-4-8-16(19)9-5-14/h2-9,12,17,20-21H,10-11H2,1H3. The van der Waals surface area contributed by atoms with Crippen molar-refractivity contribution in [2.45, 2.75) is 18.9 Å². The first-order valence-electron chi connectivity index (χ1n) is 6.96. The van der Waals surface area contributed by atoms with E-state index < -0.39 is 6.10 Å². The molecule has 0 saturated heterocycles. The second-order valence-corrected chi connectivity index (χ2v) is 5.18. The summed E-state index contributed by atoms with van der Waals surface area (Å²) in [6.07, 6.45) is -0.675. The molecule has 0 bridgehead atoms. The number of aliphatic hydroxyl groups excluding tert-OH is 1. The van der Waals surface area contributed by atoms with Crippen LogP contribution in [0.1, 0.15) is 30.1 Å². The van der Waals surface area contributed by atoms with Gasteiger partial charge in [-0.3, -0.25) is 0 Å². The molecule has 4 heteroatoms. The van der Waals surface area contributed by atoms with Crippen LogP contribution in [0.25, 0.3) is 0 Å². The summed E-state index contributed by atoms with van der Waals surface area (Å²) in [7, 11) is 0. The predicted molar refractivity (Wildman–Crippen MR) is 79.0 cm³/mol. The Hall–Kier alpha value is -1.78. The van der Waals surface area contributed by atoms with Gasteiger partial charge in [-0.1, -0.05) is 31.2 Å². The Morgan fingerprint density at radius 2 is 1.33 bits per heavy atom. The summed E-state index contributed by atoms with van der Waals surface area (Å²) >= 11 is 0. The Balaban J connectivity index is 1.80. The van der Waals surface area contributed by atoms with Gasteiger partial charge in [-0.05, 0) is 41.3 Å². The van der Waals surface area contributed by atoms with Crippen molar-refractivity contribution in [1.82, 2.24) is 5.32 Å². The maximum Gasteiger partial charge on any atom is 0.123 e. The summed E-state index contributed by atoms with van der Waals surface area (Å²) in [5, 5.41) is 13.2. The molecular formula is C17H19F2NO. The summed E-state index contributed by atoms with van der Waals surface area (Å²) in [6, 6.07) is 12.2. The van der Waals surface area contributed by atoms with Crippen molar-refractivity contribution in [2.24, 2.45) is 0 Å². The summed E-state index contributed by atoms with van der Waals surface area (Å²) in [5.41, 5.74) is 1.72. The minimum Gasteiger partial charge on any atom is -0.387 e. The molecule has 0 aliphatic carbocycles. The van der Waals surface area contributed by atoms with Gasteiger partial charge in [0, 0.05) is 13.1 Å². The Bertz CT molecular complexity index is 503. The van der Waals surface area contributed by atoms with E-state index in [4.69, 9.17) is 0 Å². The molecule has 2 unspecified atom stereocenters. The van der Waals surface area contributed by atoms with Gasteiger partial charge in [-0.2, -0.15) is 0 Å².